The maximum absolute atomic E-state index is 11.7. The smallest absolute Gasteiger partial charge is 0.305 e. The highest BCUT2D eigenvalue weighted by Gasteiger charge is 2.24. The summed E-state index contributed by atoms with van der Waals surface area (Å²) in [6.07, 6.45) is 0.662. The number of esters is 1. The maximum atomic E-state index is 11.7. The van der Waals surface area contributed by atoms with Crippen LogP contribution in [0.4, 0.5) is 0 Å². The molecule has 0 aromatic heterocycles. The third-order valence-electron chi connectivity index (χ3n) is 3.41. The first-order valence-corrected chi connectivity index (χ1v) is 8.16. The van der Waals surface area contributed by atoms with Crippen molar-refractivity contribution in [2.75, 3.05) is 0 Å². The number of benzene rings is 2. The van der Waals surface area contributed by atoms with Crippen LogP contribution in [0.3, 0.4) is 0 Å². The molecule has 0 aliphatic heterocycles. The number of carbonyl (C=O) groups excluding carboxylic acids is 1. The quantitative estimate of drug-likeness (QED) is 0.602. The predicted molar refractivity (Wildman–Crippen MR) is 93.5 cm³/mol. The largest absolute Gasteiger partial charge is 0.460 e. The van der Waals surface area contributed by atoms with Crippen molar-refractivity contribution in [3.8, 4) is 0 Å². The molecule has 0 spiro atoms. The number of halogens is 1. The number of thiol groups is 1. The highest BCUT2D eigenvalue weighted by molar-refractivity contribution is 7.80. The number of hydrogen-bond donors (Lipinski definition) is 1. The first-order valence-electron chi connectivity index (χ1n) is 7.27. The standard InChI is InChI=1S/C18H19ClO2S/c1-2-17(20)21-16(12-13-6-4-3-5-7-13)18(22)14-8-10-15(19)11-9-14/h3-11,16,18,22H,2,12H2,1H3. The van der Waals surface area contributed by atoms with Gasteiger partial charge >= 0.3 is 5.97 Å². The van der Waals surface area contributed by atoms with Gasteiger partial charge in [0.25, 0.3) is 0 Å². The molecule has 0 fully saturated rings. The van der Waals surface area contributed by atoms with Gasteiger partial charge in [0.05, 0.1) is 5.25 Å². The zero-order valence-electron chi connectivity index (χ0n) is 12.4. The van der Waals surface area contributed by atoms with E-state index in [1.165, 1.54) is 0 Å². The predicted octanol–water partition coefficient (Wildman–Crippen LogP) is 4.88. The summed E-state index contributed by atoms with van der Waals surface area (Å²) in [4.78, 5) is 11.7. The van der Waals surface area contributed by atoms with Crippen LogP contribution in [0.5, 0.6) is 0 Å². The molecule has 0 bridgehead atoms. The lowest BCUT2D eigenvalue weighted by atomic mass is 10.0. The van der Waals surface area contributed by atoms with Crippen LogP contribution in [0.25, 0.3) is 0 Å². The minimum Gasteiger partial charge on any atom is -0.460 e. The lowest BCUT2D eigenvalue weighted by Gasteiger charge is -2.24. The lowest BCUT2D eigenvalue weighted by molar-refractivity contribution is -0.148. The molecular formula is C18H19ClO2S. The van der Waals surface area contributed by atoms with Gasteiger partial charge in [-0.1, -0.05) is 61.0 Å². The number of rotatable bonds is 6. The number of carbonyl (C=O) groups is 1. The third kappa shape index (κ3) is 4.79. The van der Waals surface area contributed by atoms with Gasteiger partial charge in [0.2, 0.25) is 0 Å². The molecule has 2 nitrogen and oxygen atoms in total. The van der Waals surface area contributed by atoms with Crippen molar-refractivity contribution in [3.05, 3.63) is 70.7 Å². The van der Waals surface area contributed by atoms with E-state index in [0.717, 1.165) is 11.1 Å². The molecule has 2 atom stereocenters. The molecule has 0 aliphatic carbocycles. The van der Waals surface area contributed by atoms with Crippen LogP contribution < -0.4 is 0 Å². The number of hydrogen-bond acceptors (Lipinski definition) is 3. The summed E-state index contributed by atoms with van der Waals surface area (Å²) in [5, 5.41) is 0.474. The molecule has 0 aliphatic rings. The van der Waals surface area contributed by atoms with Gasteiger partial charge in [-0.2, -0.15) is 12.6 Å². The fourth-order valence-electron chi connectivity index (χ4n) is 2.19. The second kappa shape index (κ2) is 8.25. The highest BCUT2D eigenvalue weighted by Crippen LogP contribution is 2.29. The van der Waals surface area contributed by atoms with Crippen LogP contribution in [0.2, 0.25) is 5.02 Å². The fraction of sp³-hybridized carbons (Fsp3) is 0.278. The van der Waals surface area contributed by atoms with E-state index >= 15 is 0 Å². The number of ether oxygens (including phenoxy) is 1. The van der Waals surface area contributed by atoms with Gasteiger partial charge in [0.15, 0.2) is 0 Å². The first-order chi connectivity index (χ1) is 10.6. The average molecular weight is 335 g/mol. The van der Waals surface area contributed by atoms with E-state index in [2.05, 4.69) is 12.6 Å². The molecule has 0 saturated heterocycles. The van der Waals surface area contributed by atoms with Gasteiger partial charge in [-0.25, -0.2) is 0 Å². The normalized spacial score (nSPS) is 13.4. The highest BCUT2D eigenvalue weighted by atomic mass is 35.5. The molecule has 2 unspecified atom stereocenters. The van der Waals surface area contributed by atoms with Crippen LogP contribution in [0.1, 0.15) is 29.7 Å². The van der Waals surface area contributed by atoms with Crippen molar-refractivity contribution < 1.29 is 9.53 Å². The van der Waals surface area contributed by atoms with E-state index in [4.69, 9.17) is 16.3 Å². The topological polar surface area (TPSA) is 26.3 Å². The van der Waals surface area contributed by atoms with Crippen molar-refractivity contribution in [1.29, 1.82) is 0 Å². The van der Waals surface area contributed by atoms with Crippen molar-refractivity contribution in [1.82, 2.24) is 0 Å². The van der Waals surface area contributed by atoms with Crippen LogP contribution in [0.15, 0.2) is 54.6 Å². The van der Waals surface area contributed by atoms with Gasteiger partial charge in [0.1, 0.15) is 6.10 Å². The monoisotopic (exact) mass is 334 g/mol. The Morgan fingerprint density at radius 3 is 2.36 bits per heavy atom. The molecule has 4 heteroatoms. The van der Waals surface area contributed by atoms with Gasteiger partial charge in [-0.3, -0.25) is 4.79 Å². The Labute approximate surface area is 141 Å². The summed E-state index contributed by atoms with van der Waals surface area (Å²) in [5.41, 5.74) is 2.10. The van der Waals surface area contributed by atoms with Crippen molar-refractivity contribution in [2.24, 2.45) is 0 Å². The lowest BCUT2D eigenvalue weighted by Crippen LogP contribution is -2.25. The average Bonchev–Trinajstić information content (AvgIpc) is 2.55. The molecule has 0 amide bonds. The molecule has 116 valence electrons. The Kier molecular flexibility index (Phi) is 6.34. The van der Waals surface area contributed by atoms with E-state index in [1.807, 2.05) is 54.6 Å². The Morgan fingerprint density at radius 2 is 1.77 bits per heavy atom. The summed E-state index contributed by atoms with van der Waals surface area (Å²) < 4.78 is 5.60. The van der Waals surface area contributed by atoms with Crippen LogP contribution in [-0.4, -0.2) is 12.1 Å². The molecule has 0 N–H and O–H groups in total. The Hall–Kier alpha value is -1.45. The van der Waals surface area contributed by atoms with Crippen molar-refractivity contribution in [3.63, 3.8) is 0 Å². The Balaban J connectivity index is 2.19. The first kappa shape index (κ1) is 16.9. The van der Waals surface area contributed by atoms with E-state index < -0.39 is 0 Å². The van der Waals surface area contributed by atoms with Crippen LogP contribution in [-0.2, 0) is 16.0 Å². The molecule has 0 heterocycles. The van der Waals surface area contributed by atoms with Crippen LogP contribution in [0, 0.1) is 0 Å². The van der Waals surface area contributed by atoms with Gasteiger partial charge in [0, 0.05) is 17.9 Å². The van der Waals surface area contributed by atoms with Gasteiger partial charge < -0.3 is 4.74 Å². The summed E-state index contributed by atoms with van der Waals surface area (Å²) in [6, 6.07) is 17.4. The molecule has 2 rings (SSSR count). The molecular weight excluding hydrogens is 316 g/mol. The van der Waals surface area contributed by atoms with Crippen molar-refractivity contribution >= 4 is 30.2 Å². The molecule has 0 radical (unpaired) electrons. The second-order valence-electron chi connectivity index (χ2n) is 5.07. The molecule has 2 aromatic carbocycles. The fourth-order valence-corrected chi connectivity index (χ4v) is 2.66. The van der Waals surface area contributed by atoms with Gasteiger partial charge in [-0.15, -0.1) is 0 Å². The van der Waals surface area contributed by atoms with E-state index in [-0.39, 0.29) is 17.3 Å². The van der Waals surface area contributed by atoms with E-state index in [0.29, 0.717) is 17.9 Å². The molecule has 22 heavy (non-hydrogen) atoms. The Morgan fingerprint density at radius 1 is 1.14 bits per heavy atom. The van der Waals surface area contributed by atoms with Gasteiger partial charge in [-0.05, 0) is 23.3 Å². The molecule has 0 saturated carbocycles. The maximum Gasteiger partial charge on any atom is 0.305 e. The van der Waals surface area contributed by atoms with Crippen LogP contribution >= 0.6 is 24.2 Å². The minimum atomic E-state index is -0.320. The second-order valence-corrected chi connectivity index (χ2v) is 6.06. The third-order valence-corrected chi connectivity index (χ3v) is 4.30. The summed E-state index contributed by atoms with van der Waals surface area (Å²) >= 11 is 10.6. The van der Waals surface area contributed by atoms with E-state index in [1.54, 1.807) is 6.92 Å². The Bertz CT molecular complexity index is 598. The zero-order chi connectivity index (χ0) is 15.9. The zero-order valence-corrected chi connectivity index (χ0v) is 14.1. The van der Waals surface area contributed by atoms with Crippen molar-refractivity contribution in [2.45, 2.75) is 31.1 Å². The summed E-state index contributed by atoms with van der Waals surface area (Å²) in [6.45, 7) is 1.79. The minimum absolute atomic E-state index is 0.201. The SMILES string of the molecule is CCC(=O)OC(Cc1ccccc1)C(S)c1ccc(Cl)cc1. The summed E-state index contributed by atoms with van der Waals surface area (Å²) in [7, 11) is 0. The summed E-state index contributed by atoms with van der Waals surface area (Å²) in [5.74, 6) is -0.214. The van der Waals surface area contributed by atoms with E-state index in [9.17, 15) is 4.79 Å². The molecule has 2 aromatic rings.